The Labute approximate surface area is 200 Å². The maximum Gasteiger partial charge on any atom is 0.248 e. The lowest BCUT2D eigenvalue weighted by molar-refractivity contribution is -0.111. The first-order valence-electron chi connectivity index (χ1n) is 11.4. The second kappa shape index (κ2) is 10.2. The molecule has 0 unspecified atom stereocenters. The number of nitrogens with one attached hydrogen (secondary N) is 1. The van der Waals surface area contributed by atoms with Crippen LogP contribution in [0.5, 0.6) is 0 Å². The van der Waals surface area contributed by atoms with Gasteiger partial charge in [0.15, 0.2) is 0 Å². The summed E-state index contributed by atoms with van der Waals surface area (Å²) in [7, 11) is -3.60. The second-order valence-corrected chi connectivity index (χ2v) is 10.4. The zero-order valence-corrected chi connectivity index (χ0v) is 20.0. The monoisotopic (exact) mass is 476 g/mol. The minimum atomic E-state index is -3.60. The third kappa shape index (κ3) is 5.06. The van der Waals surface area contributed by atoms with Crippen LogP contribution >= 0.6 is 0 Å². The summed E-state index contributed by atoms with van der Waals surface area (Å²) in [6.07, 6.45) is 8.29. The van der Waals surface area contributed by atoms with Gasteiger partial charge in [0, 0.05) is 54.1 Å². The average Bonchev–Trinajstić information content (AvgIpc) is 3.21. The Morgan fingerprint density at radius 2 is 1.91 bits per heavy atom. The van der Waals surface area contributed by atoms with Gasteiger partial charge < -0.3 is 9.88 Å². The largest absolute Gasteiger partial charge is 0.346 e. The summed E-state index contributed by atoms with van der Waals surface area (Å²) in [5.41, 5.74) is 2.97. The van der Waals surface area contributed by atoms with Gasteiger partial charge in [-0.15, -0.1) is 0 Å². The van der Waals surface area contributed by atoms with Crippen molar-refractivity contribution >= 4 is 38.6 Å². The molecule has 0 atom stereocenters. The lowest BCUT2D eigenvalue weighted by Gasteiger charge is -2.26. The molecule has 1 fully saturated rings. The Bertz CT molecular complexity index is 1380. The van der Waals surface area contributed by atoms with E-state index in [9.17, 15) is 13.2 Å². The van der Waals surface area contributed by atoms with Crippen LogP contribution < -0.4 is 5.32 Å². The van der Waals surface area contributed by atoms with Gasteiger partial charge in [-0.25, -0.2) is 8.42 Å². The molecule has 1 amide bonds. The van der Waals surface area contributed by atoms with Crippen molar-refractivity contribution < 1.29 is 13.2 Å². The standard InChI is InChI=1S/C26H28N4O3S/c1-20-10-12-22(18-25(20)34(32,33)30-16-5-2-6-17-30)28-26(31)13-11-21-19-29(15-7-14-27)24-9-4-3-8-23(21)24/h3-4,8-13,18-19H,2,5-7,15-17H2,1H3,(H,28,31)/b13-11+. The summed E-state index contributed by atoms with van der Waals surface area (Å²) in [6.45, 7) is 3.41. The van der Waals surface area contributed by atoms with E-state index in [2.05, 4.69) is 11.4 Å². The molecule has 4 rings (SSSR count). The minimum Gasteiger partial charge on any atom is -0.346 e. The van der Waals surface area contributed by atoms with Crippen molar-refractivity contribution in [3.63, 3.8) is 0 Å². The number of fused-ring (bicyclic) bond motifs is 1. The molecule has 1 N–H and O–H groups in total. The van der Waals surface area contributed by atoms with Crippen LogP contribution in [0, 0.1) is 18.3 Å². The highest BCUT2D eigenvalue weighted by Crippen LogP contribution is 2.26. The molecule has 1 aromatic heterocycles. The number of aromatic nitrogens is 1. The van der Waals surface area contributed by atoms with Gasteiger partial charge in [-0.3, -0.25) is 4.79 Å². The molecular formula is C26H28N4O3S. The number of aryl methyl sites for hydroxylation is 2. The molecule has 0 radical (unpaired) electrons. The van der Waals surface area contributed by atoms with Gasteiger partial charge in [-0.1, -0.05) is 30.7 Å². The van der Waals surface area contributed by atoms with E-state index in [-0.39, 0.29) is 10.8 Å². The summed E-state index contributed by atoms with van der Waals surface area (Å²) in [5, 5.41) is 12.7. The zero-order chi connectivity index (χ0) is 24.1. The van der Waals surface area contributed by atoms with E-state index in [1.54, 1.807) is 31.2 Å². The predicted octanol–water partition coefficient (Wildman–Crippen LogP) is 4.69. The van der Waals surface area contributed by atoms with Gasteiger partial charge in [0.25, 0.3) is 0 Å². The third-order valence-corrected chi connectivity index (χ3v) is 8.13. The number of nitriles is 1. The molecule has 34 heavy (non-hydrogen) atoms. The Morgan fingerprint density at radius 3 is 2.68 bits per heavy atom. The van der Waals surface area contributed by atoms with E-state index in [4.69, 9.17) is 5.26 Å². The molecule has 0 spiro atoms. The van der Waals surface area contributed by atoms with E-state index in [1.807, 2.05) is 35.0 Å². The predicted molar refractivity (Wildman–Crippen MR) is 134 cm³/mol. The van der Waals surface area contributed by atoms with Gasteiger partial charge >= 0.3 is 0 Å². The number of sulfonamides is 1. The molecule has 1 aliphatic heterocycles. The van der Waals surface area contributed by atoms with Crippen molar-refractivity contribution in [1.82, 2.24) is 8.87 Å². The highest BCUT2D eigenvalue weighted by Gasteiger charge is 2.27. The molecule has 7 nitrogen and oxygen atoms in total. The highest BCUT2D eigenvalue weighted by atomic mass is 32.2. The number of para-hydroxylation sites is 1. The fourth-order valence-corrected chi connectivity index (χ4v) is 6.08. The normalized spacial score (nSPS) is 14.9. The number of rotatable bonds is 7. The Morgan fingerprint density at radius 1 is 1.15 bits per heavy atom. The Kier molecular flexibility index (Phi) is 7.15. The SMILES string of the molecule is Cc1ccc(NC(=O)/C=C/c2cn(CCC#N)c3ccccc23)cc1S(=O)(=O)N1CCCCC1. The molecule has 1 saturated heterocycles. The van der Waals surface area contributed by atoms with E-state index in [0.29, 0.717) is 37.3 Å². The van der Waals surface area contributed by atoms with Crippen LogP contribution in [0.2, 0.25) is 0 Å². The number of nitrogens with zero attached hydrogens (tertiary/aromatic N) is 3. The molecule has 0 aliphatic carbocycles. The summed E-state index contributed by atoms with van der Waals surface area (Å²) in [6, 6.07) is 15.0. The quantitative estimate of drug-likeness (QED) is 0.501. The van der Waals surface area contributed by atoms with Crippen LogP contribution in [0.3, 0.4) is 0 Å². The number of amides is 1. The summed E-state index contributed by atoms with van der Waals surface area (Å²) < 4.78 is 29.8. The number of carbonyl (C=O) groups excluding carboxylic acids is 1. The van der Waals surface area contributed by atoms with E-state index in [0.717, 1.165) is 35.7 Å². The fraction of sp³-hybridized carbons (Fsp3) is 0.308. The first kappa shape index (κ1) is 23.7. The number of benzene rings is 2. The van der Waals surface area contributed by atoms with Crippen LogP contribution in [0.1, 0.15) is 36.8 Å². The van der Waals surface area contributed by atoms with Gasteiger partial charge in [0.05, 0.1) is 17.4 Å². The first-order valence-corrected chi connectivity index (χ1v) is 12.9. The molecule has 2 heterocycles. The average molecular weight is 477 g/mol. The molecule has 176 valence electrons. The topological polar surface area (TPSA) is 95.2 Å². The van der Waals surface area contributed by atoms with Gasteiger partial charge in [-0.05, 0) is 49.6 Å². The third-order valence-electron chi connectivity index (χ3n) is 6.09. The summed E-state index contributed by atoms with van der Waals surface area (Å²) >= 11 is 0. The lowest BCUT2D eigenvalue weighted by atomic mass is 10.1. The molecule has 3 aromatic rings. The Hall–Kier alpha value is -3.41. The minimum absolute atomic E-state index is 0.233. The first-order chi connectivity index (χ1) is 16.4. The number of hydrogen-bond acceptors (Lipinski definition) is 4. The van der Waals surface area contributed by atoms with Crippen molar-refractivity contribution in [2.75, 3.05) is 18.4 Å². The van der Waals surface area contributed by atoms with E-state index in [1.165, 1.54) is 10.4 Å². The molecule has 0 bridgehead atoms. The van der Waals surface area contributed by atoms with Crippen LogP contribution in [0.15, 0.2) is 59.6 Å². The van der Waals surface area contributed by atoms with Crippen LogP contribution in [0.4, 0.5) is 5.69 Å². The van der Waals surface area contributed by atoms with Crippen molar-refractivity contribution in [2.45, 2.75) is 44.0 Å². The van der Waals surface area contributed by atoms with Gasteiger partial charge in [0.2, 0.25) is 15.9 Å². The Balaban J connectivity index is 1.53. The van der Waals surface area contributed by atoms with Gasteiger partial charge in [-0.2, -0.15) is 9.57 Å². The summed E-state index contributed by atoms with van der Waals surface area (Å²) in [5.74, 6) is -0.348. The molecule has 1 aliphatic rings. The zero-order valence-electron chi connectivity index (χ0n) is 19.2. The maximum atomic E-state index is 13.1. The van der Waals surface area contributed by atoms with E-state index >= 15 is 0 Å². The van der Waals surface area contributed by atoms with Crippen LogP contribution in [-0.4, -0.2) is 36.3 Å². The van der Waals surface area contributed by atoms with Crippen molar-refractivity contribution in [3.8, 4) is 6.07 Å². The number of carbonyl (C=O) groups is 1. The molecule has 8 heteroatoms. The fourth-order valence-electron chi connectivity index (χ4n) is 4.31. The van der Waals surface area contributed by atoms with Crippen LogP contribution in [-0.2, 0) is 21.4 Å². The van der Waals surface area contributed by atoms with Gasteiger partial charge in [0.1, 0.15) is 0 Å². The van der Waals surface area contributed by atoms with Crippen molar-refractivity contribution in [3.05, 3.63) is 65.9 Å². The molecule has 2 aromatic carbocycles. The molecule has 0 saturated carbocycles. The smallest absolute Gasteiger partial charge is 0.248 e. The highest BCUT2D eigenvalue weighted by molar-refractivity contribution is 7.89. The van der Waals surface area contributed by atoms with Crippen molar-refractivity contribution in [1.29, 1.82) is 5.26 Å². The van der Waals surface area contributed by atoms with E-state index < -0.39 is 10.0 Å². The maximum absolute atomic E-state index is 13.1. The van der Waals surface area contributed by atoms with Crippen LogP contribution in [0.25, 0.3) is 17.0 Å². The number of hydrogen-bond donors (Lipinski definition) is 1. The second-order valence-electron chi connectivity index (χ2n) is 8.47. The summed E-state index contributed by atoms with van der Waals surface area (Å²) in [4.78, 5) is 12.9. The van der Waals surface area contributed by atoms with Crippen molar-refractivity contribution in [2.24, 2.45) is 0 Å². The number of piperidine rings is 1. The lowest BCUT2D eigenvalue weighted by Crippen LogP contribution is -2.36. The molecular weight excluding hydrogens is 448 g/mol. The number of anilines is 1.